The molecule has 4 rings (SSSR count). The zero-order valence-corrected chi connectivity index (χ0v) is 15.6. The number of hydrogen-bond donors (Lipinski definition) is 1. The van der Waals surface area contributed by atoms with Crippen LogP contribution in [0.3, 0.4) is 0 Å². The molecular formula is C24H22N2O2. The topological polar surface area (TPSA) is 41.6 Å². The molecule has 1 N–H and O–H groups in total. The minimum Gasteiger partial charge on any atom is -0.489 e. The molecule has 0 radical (unpaired) electrons. The quantitative estimate of drug-likeness (QED) is 0.610. The van der Waals surface area contributed by atoms with E-state index in [0.717, 1.165) is 27.8 Å². The lowest BCUT2D eigenvalue weighted by molar-refractivity contribution is 0.0706. The molecule has 0 bridgehead atoms. The van der Waals surface area contributed by atoms with E-state index in [9.17, 15) is 4.79 Å². The van der Waals surface area contributed by atoms with Crippen molar-refractivity contribution in [2.24, 2.45) is 0 Å². The molecule has 0 aliphatic carbocycles. The summed E-state index contributed by atoms with van der Waals surface area (Å²) < 4.78 is 5.98. The number of hydrogen-bond acceptors (Lipinski definition) is 3. The Morgan fingerprint density at radius 3 is 2.61 bits per heavy atom. The number of carbonyl (C=O) groups is 1. The number of ether oxygens (including phenoxy) is 1. The van der Waals surface area contributed by atoms with Gasteiger partial charge in [0.25, 0.3) is 5.91 Å². The monoisotopic (exact) mass is 370 g/mol. The van der Waals surface area contributed by atoms with E-state index < -0.39 is 0 Å². The summed E-state index contributed by atoms with van der Waals surface area (Å²) in [6.45, 7) is 8.41. The zero-order valence-electron chi connectivity index (χ0n) is 15.6. The third-order valence-corrected chi connectivity index (χ3v) is 4.91. The van der Waals surface area contributed by atoms with Crippen molar-refractivity contribution in [2.45, 2.75) is 6.17 Å². The van der Waals surface area contributed by atoms with Gasteiger partial charge in [0.2, 0.25) is 0 Å². The van der Waals surface area contributed by atoms with Gasteiger partial charge in [-0.3, -0.25) is 4.79 Å². The molecule has 140 valence electrons. The fourth-order valence-electron chi connectivity index (χ4n) is 3.68. The molecule has 1 heterocycles. The Morgan fingerprint density at radius 1 is 1.00 bits per heavy atom. The summed E-state index contributed by atoms with van der Waals surface area (Å²) in [6, 6.07) is 19.7. The van der Waals surface area contributed by atoms with Crippen LogP contribution in [-0.2, 0) is 0 Å². The van der Waals surface area contributed by atoms with Gasteiger partial charge < -0.3 is 15.0 Å². The summed E-state index contributed by atoms with van der Waals surface area (Å²) in [6.07, 6.45) is 3.09. The molecule has 4 nitrogen and oxygen atoms in total. The van der Waals surface area contributed by atoms with Gasteiger partial charge in [0, 0.05) is 17.8 Å². The van der Waals surface area contributed by atoms with Crippen molar-refractivity contribution in [1.82, 2.24) is 4.90 Å². The van der Waals surface area contributed by atoms with Crippen LogP contribution in [0.15, 0.2) is 86.0 Å². The van der Waals surface area contributed by atoms with E-state index in [1.54, 1.807) is 17.1 Å². The summed E-state index contributed by atoms with van der Waals surface area (Å²) in [5.41, 5.74) is 2.42. The van der Waals surface area contributed by atoms with E-state index in [0.29, 0.717) is 18.7 Å². The van der Waals surface area contributed by atoms with Crippen LogP contribution in [0, 0.1) is 0 Å². The Kier molecular flexibility index (Phi) is 4.85. The molecule has 0 aromatic heterocycles. The van der Waals surface area contributed by atoms with Gasteiger partial charge in [-0.25, -0.2) is 0 Å². The van der Waals surface area contributed by atoms with Crippen molar-refractivity contribution in [3.63, 3.8) is 0 Å². The lowest BCUT2D eigenvalue weighted by Crippen LogP contribution is -2.43. The largest absolute Gasteiger partial charge is 0.489 e. The van der Waals surface area contributed by atoms with Crippen LogP contribution in [0.2, 0.25) is 0 Å². The van der Waals surface area contributed by atoms with E-state index in [1.165, 1.54) is 0 Å². The van der Waals surface area contributed by atoms with Gasteiger partial charge in [0.1, 0.15) is 18.5 Å². The van der Waals surface area contributed by atoms with Crippen molar-refractivity contribution in [2.75, 3.05) is 18.5 Å². The maximum atomic E-state index is 13.2. The maximum Gasteiger partial charge on any atom is 0.258 e. The molecule has 3 aromatic carbocycles. The Balaban J connectivity index is 1.92. The predicted octanol–water partition coefficient (Wildman–Crippen LogP) is 5.16. The van der Waals surface area contributed by atoms with E-state index in [4.69, 9.17) is 4.74 Å². The summed E-state index contributed by atoms with van der Waals surface area (Å²) >= 11 is 0. The van der Waals surface area contributed by atoms with Crippen molar-refractivity contribution in [1.29, 1.82) is 0 Å². The van der Waals surface area contributed by atoms with Crippen LogP contribution in [0.5, 0.6) is 5.75 Å². The van der Waals surface area contributed by atoms with E-state index in [-0.39, 0.29) is 12.1 Å². The Bertz CT molecular complexity index is 1060. The minimum atomic E-state index is -0.369. The number of para-hydroxylation sites is 1. The molecule has 3 aromatic rings. The number of rotatable bonds is 6. The second-order valence-corrected chi connectivity index (χ2v) is 6.64. The summed E-state index contributed by atoms with van der Waals surface area (Å²) in [5.74, 6) is 0.708. The van der Waals surface area contributed by atoms with Crippen LogP contribution in [-0.4, -0.2) is 24.0 Å². The minimum absolute atomic E-state index is 0.0261. The molecule has 28 heavy (non-hydrogen) atoms. The molecule has 1 amide bonds. The Labute approximate surface area is 164 Å². The SMILES string of the molecule is C=CCOc1ccc2ccccc2c1C1Nc2ccccc2C(=O)N1CC=C. The smallest absolute Gasteiger partial charge is 0.258 e. The molecular weight excluding hydrogens is 348 g/mol. The van der Waals surface area contributed by atoms with Crippen molar-refractivity contribution >= 4 is 22.4 Å². The first kappa shape index (κ1) is 17.9. The maximum absolute atomic E-state index is 13.2. The van der Waals surface area contributed by atoms with Gasteiger partial charge in [0.05, 0.1) is 5.56 Å². The highest BCUT2D eigenvalue weighted by Gasteiger charge is 2.34. The first-order valence-corrected chi connectivity index (χ1v) is 9.27. The van der Waals surface area contributed by atoms with Crippen molar-refractivity contribution < 1.29 is 9.53 Å². The highest BCUT2D eigenvalue weighted by Crippen LogP contribution is 2.40. The van der Waals surface area contributed by atoms with Crippen LogP contribution in [0.25, 0.3) is 10.8 Å². The fourth-order valence-corrected chi connectivity index (χ4v) is 3.68. The average molecular weight is 370 g/mol. The fraction of sp³-hybridized carbons (Fsp3) is 0.125. The van der Waals surface area contributed by atoms with Gasteiger partial charge in [-0.2, -0.15) is 0 Å². The lowest BCUT2D eigenvalue weighted by Gasteiger charge is -2.38. The number of nitrogens with zero attached hydrogens (tertiary/aromatic N) is 1. The second-order valence-electron chi connectivity index (χ2n) is 6.64. The second kappa shape index (κ2) is 7.61. The molecule has 0 saturated heterocycles. The average Bonchev–Trinajstić information content (AvgIpc) is 2.74. The van der Waals surface area contributed by atoms with E-state index in [1.807, 2.05) is 48.5 Å². The number of fused-ring (bicyclic) bond motifs is 2. The molecule has 0 saturated carbocycles. The number of carbonyl (C=O) groups excluding carboxylic acids is 1. The van der Waals surface area contributed by atoms with Crippen LogP contribution in [0.4, 0.5) is 5.69 Å². The lowest BCUT2D eigenvalue weighted by atomic mass is 9.97. The van der Waals surface area contributed by atoms with Gasteiger partial charge >= 0.3 is 0 Å². The predicted molar refractivity (Wildman–Crippen MR) is 114 cm³/mol. The van der Waals surface area contributed by atoms with Gasteiger partial charge in [-0.15, -0.1) is 6.58 Å². The molecule has 0 fully saturated rings. The van der Waals surface area contributed by atoms with Crippen LogP contribution >= 0.6 is 0 Å². The molecule has 1 unspecified atom stereocenters. The van der Waals surface area contributed by atoms with Gasteiger partial charge in [-0.1, -0.05) is 61.2 Å². The number of benzene rings is 3. The van der Waals surface area contributed by atoms with Gasteiger partial charge in [-0.05, 0) is 29.0 Å². The third kappa shape index (κ3) is 3.03. The van der Waals surface area contributed by atoms with E-state index in [2.05, 4.69) is 30.6 Å². The van der Waals surface area contributed by atoms with Crippen molar-refractivity contribution in [3.05, 3.63) is 97.1 Å². The number of anilines is 1. The summed E-state index contributed by atoms with van der Waals surface area (Å²) in [7, 11) is 0. The molecule has 1 atom stereocenters. The summed E-state index contributed by atoms with van der Waals surface area (Å²) in [5, 5.41) is 5.68. The van der Waals surface area contributed by atoms with Crippen LogP contribution < -0.4 is 10.1 Å². The molecule has 4 heteroatoms. The normalized spacial score (nSPS) is 15.6. The van der Waals surface area contributed by atoms with E-state index >= 15 is 0 Å². The Morgan fingerprint density at radius 2 is 1.79 bits per heavy atom. The van der Waals surface area contributed by atoms with Crippen molar-refractivity contribution in [3.8, 4) is 5.75 Å². The first-order chi connectivity index (χ1) is 13.7. The molecule has 0 spiro atoms. The number of amides is 1. The third-order valence-electron chi connectivity index (χ3n) is 4.91. The number of nitrogens with one attached hydrogen (secondary N) is 1. The molecule has 1 aliphatic rings. The Hall–Kier alpha value is -3.53. The highest BCUT2D eigenvalue weighted by atomic mass is 16.5. The van der Waals surface area contributed by atoms with Gasteiger partial charge in [0.15, 0.2) is 0 Å². The zero-order chi connectivity index (χ0) is 19.5. The standard InChI is InChI=1S/C24H22N2O2/c1-3-15-26-23(25-20-12-8-7-11-19(20)24(26)27)22-18-10-6-5-9-17(18)13-14-21(22)28-16-4-2/h3-14,23,25H,1-2,15-16H2. The first-order valence-electron chi connectivity index (χ1n) is 9.27. The summed E-state index contributed by atoms with van der Waals surface area (Å²) in [4.78, 5) is 15.0. The molecule has 1 aliphatic heterocycles. The highest BCUT2D eigenvalue weighted by molar-refractivity contribution is 6.02. The van der Waals surface area contributed by atoms with Crippen LogP contribution in [0.1, 0.15) is 22.1 Å².